The molecule has 0 aromatic heterocycles. The molecule has 7 heteroatoms. The van der Waals surface area contributed by atoms with Crippen LogP contribution >= 0.6 is 0 Å². The third-order valence-corrected chi connectivity index (χ3v) is 6.51. The number of fused-ring (bicyclic) bond motifs is 1. The summed E-state index contributed by atoms with van der Waals surface area (Å²) in [7, 11) is 0.389. The molecule has 2 aromatic carbocycles. The van der Waals surface area contributed by atoms with E-state index in [1.54, 1.807) is 6.07 Å². The molecule has 0 saturated heterocycles. The van der Waals surface area contributed by atoms with Gasteiger partial charge in [-0.2, -0.15) is 5.26 Å². The van der Waals surface area contributed by atoms with E-state index in [-0.39, 0.29) is 4.90 Å². The van der Waals surface area contributed by atoms with Gasteiger partial charge in [0.15, 0.2) is 0 Å². The third kappa shape index (κ3) is 4.13. The first-order chi connectivity index (χ1) is 13.4. The van der Waals surface area contributed by atoms with Gasteiger partial charge in [0.1, 0.15) is 5.75 Å². The fourth-order valence-electron chi connectivity index (χ4n) is 3.57. The summed E-state index contributed by atoms with van der Waals surface area (Å²) in [5.41, 5.74) is 3.10. The van der Waals surface area contributed by atoms with Crippen LogP contribution in [0.5, 0.6) is 5.75 Å². The highest BCUT2D eigenvalue weighted by molar-refractivity contribution is 7.92. The van der Waals surface area contributed by atoms with Crippen molar-refractivity contribution < 1.29 is 13.2 Å². The average Bonchev–Trinajstić information content (AvgIpc) is 2.69. The maximum absolute atomic E-state index is 12.8. The van der Waals surface area contributed by atoms with Crippen LogP contribution in [0.4, 0.5) is 5.69 Å². The van der Waals surface area contributed by atoms with Crippen molar-refractivity contribution >= 4 is 15.7 Å². The first-order valence-electron chi connectivity index (χ1n) is 9.32. The highest BCUT2D eigenvalue weighted by atomic mass is 32.2. The van der Waals surface area contributed by atoms with E-state index in [1.807, 2.05) is 19.1 Å². The molecule has 1 aliphatic rings. The van der Waals surface area contributed by atoms with Crippen LogP contribution in [-0.4, -0.2) is 40.1 Å². The van der Waals surface area contributed by atoms with Gasteiger partial charge in [-0.05, 0) is 82.2 Å². The molecule has 2 aromatic rings. The number of anilines is 1. The Morgan fingerprint density at radius 2 is 1.89 bits per heavy atom. The summed E-state index contributed by atoms with van der Waals surface area (Å²) in [4.78, 5) is 2.34. The van der Waals surface area contributed by atoms with Crippen LogP contribution in [0.15, 0.2) is 41.3 Å². The second-order valence-electron chi connectivity index (χ2n) is 7.10. The Hall–Kier alpha value is -2.56. The SMILES string of the molecule is CCOc1ccc(NS(=O)(=O)c2ccc(C#N)cc2)c2c1CC(N(C)C)CC2. The highest BCUT2D eigenvalue weighted by Crippen LogP contribution is 2.37. The van der Waals surface area contributed by atoms with Gasteiger partial charge in [0.2, 0.25) is 0 Å². The second kappa shape index (κ2) is 8.21. The Bertz CT molecular complexity index is 993. The van der Waals surface area contributed by atoms with Gasteiger partial charge in [-0.25, -0.2) is 8.42 Å². The molecular formula is C21H25N3O3S. The van der Waals surface area contributed by atoms with E-state index in [4.69, 9.17) is 10.00 Å². The fourth-order valence-corrected chi connectivity index (χ4v) is 4.66. The van der Waals surface area contributed by atoms with Crippen LogP contribution in [0, 0.1) is 11.3 Å². The summed E-state index contributed by atoms with van der Waals surface area (Å²) in [6, 6.07) is 11.9. The molecule has 1 aliphatic carbocycles. The fraction of sp³-hybridized carbons (Fsp3) is 0.381. The summed E-state index contributed by atoms with van der Waals surface area (Å²) in [5, 5.41) is 8.90. The van der Waals surface area contributed by atoms with Crippen LogP contribution < -0.4 is 9.46 Å². The normalized spacial score (nSPS) is 16.3. The summed E-state index contributed by atoms with van der Waals surface area (Å²) in [6.45, 7) is 2.51. The van der Waals surface area contributed by atoms with Crippen molar-refractivity contribution in [3.63, 3.8) is 0 Å². The Morgan fingerprint density at radius 1 is 1.18 bits per heavy atom. The Labute approximate surface area is 166 Å². The number of ether oxygens (including phenoxy) is 1. The molecule has 0 saturated carbocycles. The second-order valence-corrected chi connectivity index (χ2v) is 8.79. The highest BCUT2D eigenvalue weighted by Gasteiger charge is 2.27. The number of hydrogen-bond acceptors (Lipinski definition) is 5. The molecule has 6 nitrogen and oxygen atoms in total. The quantitative estimate of drug-likeness (QED) is 0.807. The van der Waals surface area contributed by atoms with Crippen LogP contribution in [0.1, 0.15) is 30.0 Å². The van der Waals surface area contributed by atoms with E-state index < -0.39 is 10.0 Å². The third-order valence-electron chi connectivity index (χ3n) is 5.12. The first-order valence-corrected chi connectivity index (χ1v) is 10.8. The van der Waals surface area contributed by atoms with E-state index in [9.17, 15) is 8.42 Å². The molecule has 0 fully saturated rings. The molecule has 1 N–H and O–H groups in total. The number of hydrogen-bond donors (Lipinski definition) is 1. The molecule has 0 heterocycles. The molecule has 3 rings (SSSR count). The van der Waals surface area contributed by atoms with Crippen LogP contribution in [0.3, 0.4) is 0 Å². The van der Waals surface area contributed by atoms with E-state index in [0.29, 0.717) is 23.9 Å². The molecule has 148 valence electrons. The lowest BCUT2D eigenvalue weighted by Gasteiger charge is -2.32. The van der Waals surface area contributed by atoms with Gasteiger partial charge in [-0.3, -0.25) is 4.72 Å². The minimum Gasteiger partial charge on any atom is -0.494 e. The number of nitrogens with one attached hydrogen (secondary N) is 1. The summed E-state index contributed by atoms with van der Waals surface area (Å²) < 4.78 is 34.2. The maximum atomic E-state index is 12.8. The topological polar surface area (TPSA) is 82.4 Å². The van der Waals surface area contributed by atoms with Crippen molar-refractivity contribution in [1.82, 2.24) is 4.90 Å². The van der Waals surface area contributed by atoms with Gasteiger partial charge in [-0.15, -0.1) is 0 Å². The van der Waals surface area contributed by atoms with Crippen molar-refractivity contribution in [3.05, 3.63) is 53.1 Å². The van der Waals surface area contributed by atoms with Gasteiger partial charge in [-0.1, -0.05) is 0 Å². The van der Waals surface area contributed by atoms with Crippen molar-refractivity contribution in [1.29, 1.82) is 5.26 Å². The Balaban J connectivity index is 1.96. The molecule has 0 aliphatic heterocycles. The van der Waals surface area contributed by atoms with Crippen molar-refractivity contribution in [2.24, 2.45) is 0 Å². The Kier molecular flexibility index (Phi) is 5.92. The number of likely N-dealkylation sites (N-methyl/N-ethyl adjacent to an activating group) is 1. The predicted octanol–water partition coefficient (Wildman–Crippen LogP) is 3.18. The van der Waals surface area contributed by atoms with E-state index in [2.05, 4.69) is 23.7 Å². The van der Waals surface area contributed by atoms with Crippen LogP contribution in [0.2, 0.25) is 0 Å². The predicted molar refractivity (Wildman–Crippen MR) is 109 cm³/mol. The smallest absolute Gasteiger partial charge is 0.261 e. The monoisotopic (exact) mass is 399 g/mol. The molecule has 0 spiro atoms. The first kappa shape index (κ1) is 20.2. The van der Waals surface area contributed by atoms with Gasteiger partial charge >= 0.3 is 0 Å². The van der Waals surface area contributed by atoms with Crippen molar-refractivity contribution in [2.45, 2.75) is 37.1 Å². The molecule has 0 radical (unpaired) electrons. The van der Waals surface area contributed by atoms with Crippen molar-refractivity contribution in [2.75, 3.05) is 25.4 Å². The zero-order chi connectivity index (χ0) is 20.3. The molecule has 0 amide bonds. The van der Waals surface area contributed by atoms with E-state index >= 15 is 0 Å². The summed E-state index contributed by atoms with van der Waals surface area (Å²) in [5.74, 6) is 0.824. The lowest BCUT2D eigenvalue weighted by Crippen LogP contribution is -2.34. The van der Waals surface area contributed by atoms with E-state index in [0.717, 1.165) is 36.1 Å². The number of benzene rings is 2. The molecule has 28 heavy (non-hydrogen) atoms. The number of rotatable bonds is 6. The molecular weight excluding hydrogens is 374 g/mol. The lowest BCUT2D eigenvalue weighted by molar-refractivity contribution is 0.262. The molecule has 1 atom stereocenters. The lowest BCUT2D eigenvalue weighted by atomic mass is 9.86. The summed E-state index contributed by atoms with van der Waals surface area (Å²) >= 11 is 0. The van der Waals surface area contributed by atoms with Crippen molar-refractivity contribution in [3.8, 4) is 11.8 Å². The van der Waals surface area contributed by atoms with Gasteiger partial charge in [0.25, 0.3) is 10.0 Å². The number of sulfonamides is 1. The van der Waals surface area contributed by atoms with Gasteiger partial charge in [0, 0.05) is 11.6 Å². The van der Waals surface area contributed by atoms with Gasteiger partial charge in [0.05, 0.1) is 28.8 Å². The standard InChI is InChI=1S/C21H25N3O3S/c1-4-27-21-12-11-20(18-10-7-16(24(2)3)13-19(18)21)23-28(25,26)17-8-5-15(14-22)6-9-17/h5-6,8-9,11-12,16,23H,4,7,10,13H2,1-3H3. The molecule has 1 unspecified atom stereocenters. The number of nitrogens with zero attached hydrogens (tertiary/aromatic N) is 2. The largest absolute Gasteiger partial charge is 0.494 e. The zero-order valence-electron chi connectivity index (χ0n) is 16.4. The zero-order valence-corrected chi connectivity index (χ0v) is 17.2. The number of nitriles is 1. The average molecular weight is 400 g/mol. The van der Waals surface area contributed by atoms with Gasteiger partial charge < -0.3 is 9.64 Å². The minimum absolute atomic E-state index is 0.135. The summed E-state index contributed by atoms with van der Waals surface area (Å²) in [6.07, 6.45) is 2.57. The minimum atomic E-state index is -3.74. The van der Waals surface area contributed by atoms with Crippen LogP contribution in [0.25, 0.3) is 0 Å². The molecule has 0 bridgehead atoms. The van der Waals surface area contributed by atoms with Crippen LogP contribution in [-0.2, 0) is 22.9 Å². The van der Waals surface area contributed by atoms with E-state index in [1.165, 1.54) is 24.3 Å². The maximum Gasteiger partial charge on any atom is 0.261 e. The Morgan fingerprint density at radius 3 is 2.50 bits per heavy atom.